The van der Waals surface area contributed by atoms with Gasteiger partial charge in [-0.2, -0.15) is 0 Å². The van der Waals surface area contributed by atoms with Crippen LogP contribution in [0.15, 0.2) is 48.5 Å². The van der Waals surface area contributed by atoms with Crippen molar-refractivity contribution in [1.29, 1.82) is 0 Å². The van der Waals surface area contributed by atoms with Crippen LogP contribution in [-0.4, -0.2) is 51.4 Å². The molecule has 6 nitrogen and oxygen atoms in total. The van der Waals surface area contributed by atoms with Gasteiger partial charge in [0.05, 0.1) is 23.7 Å². The molecule has 0 radical (unpaired) electrons. The molecule has 0 fully saturated rings. The fourth-order valence-corrected chi connectivity index (χ4v) is 4.07. The normalized spacial score (nSPS) is 14.8. The molecule has 0 bridgehead atoms. The number of fused-ring (bicyclic) bond motifs is 1. The Labute approximate surface area is 194 Å². The van der Waals surface area contributed by atoms with Gasteiger partial charge in [0.15, 0.2) is 0 Å². The first-order valence-electron chi connectivity index (χ1n) is 11.0. The summed E-state index contributed by atoms with van der Waals surface area (Å²) in [6, 6.07) is 12.1. The molecule has 176 valence electrons. The topological polar surface area (TPSA) is 66.9 Å². The van der Waals surface area contributed by atoms with Gasteiger partial charge in [-0.3, -0.25) is 19.4 Å². The highest BCUT2D eigenvalue weighted by Gasteiger charge is 2.42. The number of carbonyl (C=O) groups excluding carboxylic acids is 3. The first-order valence-corrected chi connectivity index (χ1v) is 11.0. The van der Waals surface area contributed by atoms with E-state index in [0.717, 1.165) is 4.90 Å². The monoisotopic (exact) mass is 454 g/mol. The van der Waals surface area contributed by atoms with Gasteiger partial charge < -0.3 is 4.74 Å². The molecule has 1 atom stereocenters. The number of carbonyl (C=O) groups is 3. The van der Waals surface area contributed by atoms with E-state index in [1.165, 1.54) is 12.1 Å². The maximum atomic E-state index is 13.9. The Balaban J connectivity index is 2.00. The molecule has 0 saturated heterocycles. The Hall–Kier alpha value is -3.22. The molecule has 0 aromatic heterocycles. The number of nitrogens with zero attached hydrogens (tertiary/aromatic N) is 2. The number of benzene rings is 2. The summed E-state index contributed by atoms with van der Waals surface area (Å²) in [6.07, 6.45) is -0.324. The van der Waals surface area contributed by atoms with E-state index in [9.17, 15) is 18.8 Å². The fraction of sp³-hybridized carbons (Fsp3) is 0.423. The van der Waals surface area contributed by atoms with Crippen LogP contribution >= 0.6 is 0 Å². The van der Waals surface area contributed by atoms with Crippen molar-refractivity contribution in [1.82, 2.24) is 9.80 Å². The van der Waals surface area contributed by atoms with E-state index >= 15 is 0 Å². The van der Waals surface area contributed by atoms with Gasteiger partial charge in [0, 0.05) is 5.54 Å². The second-order valence-electron chi connectivity index (χ2n) is 10.3. The molecule has 2 aromatic carbocycles. The van der Waals surface area contributed by atoms with Gasteiger partial charge in [0.25, 0.3) is 11.8 Å². The molecule has 0 aliphatic carbocycles. The summed E-state index contributed by atoms with van der Waals surface area (Å²) in [6.45, 7) is 10.9. The van der Waals surface area contributed by atoms with E-state index in [2.05, 4.69) is 0 Å². The van der Waals surface area contributed by atoms with E-state index in [1.807, 2.05) is 20.8 Å². The lowest BCUT2D eigenvalue weighted by molar-refractivity contribution is -0.0116. The van der Waals surface area contributed by atoms with Gasteiger partial charge in [0.1, 0.15) is 11.4 Å². The highest BCUT2D eigenvalue weighted by atomic mass is 19.1. The van der Waals surface area contributed by atoms with Crippen molar-refractivity contribution in [3.05, 3.63) is 71.0 Å². The summed E-state index contributed by atoms with van der Waals surface area (Å²) in [5.41, 5.74) is -0.106. The van der Waals surface area contributed by atoms with Crippen molar-refractivity contribution >= 4 is 17.9 Å². The van der Waals surface area contributed by atoms with Gasteiger partial charge in [-0.1, -0.05) is 24.3 Å². The van der Waals surface area contributed by atoms with Crippen molar-refractivity contribution in [2.45, 2.75) is 65.1 Å². The Morgan fingerprint density at radius 3 is 2.03 bits per heavy atom. The van der Waals surface area contributed by atoms with Crippen LogP contribution in [0.4, 0.5) is 9.18 Å². The number of hydrogen-bond donors (Lipinski definition) is 0. The molecule has 0 saturated carbocycles. The highest BCUT2D eigenvalue weighted by molar-refractivity contribution is 6.21. The lowest BCUT2D eigenvalue weighted by Gasteiger charge is -2.43. The predicted octanol–water partition coefficient (Wildman–Crippen LogP) is 5.07. The molecule has 7 heteroatoms. The Morgan fingerprint density at radius 2 is 1.55 bits per heavy atom. The molecule has 1 aliphatic rings. The van der Waals surface area contributed by atoms with Crippen molar-refractivity contribution < 1.29 is 23.5 Å². The third-order valence-electron chi connectivity index (χ3n) is 5.31. The number of halogens is 1. The van der Waals surface area contributed by atoms with E-state index in [-0.39, 0.29) is 13.0 Å². The van der Waals surface area contributed by atoms with Gasteiger partial charge in [0.2, 0.25) is 0 Å². The van der Waals surface area contributed by atoms with Crippen molar-refractivity contribution in [3.8, 4) is 0 Å². The van der Waals surface area contributed by atoms with Crippen LogP contribution in [0.2, 0.25) is 0 Å². The second-order valence-corrected chi connectivity index (χ2v) is 10.3. The molecule has 1 aliphatic heterocycles. The molecule has 2 aromatic rings. The van der Waals surface area contributed by atoms with Crippen LogP contribution in [-0.2, 0) is 11.2 Å². The first kappa shape index (κ1) is 24.4. The number of amides is 3. The minimum absolute atomic E-state index is 0.0423. The quantitative estimate of drug-likeness (QED) is 0.592. The fourth-order valence-electron chi connectivity index (χ4n) is 4.07. The molecule has 3 amide bonds. The third-order valence-corrected chi connectivity index (χ3v) is 5.31. The van der Waals surface area contributed by atoms with Crippen LogP contribution in [0.5, 0.6) is 0 Å². The van der Waals surface area contributed by atoms with Crippen molar-refractivity contribution in [3.63, 3.8) is 0 Å². The zero-order valence-corrected chi connectivity index (χ0v) is 20.0. The summed E-state index contributed by atoms with van der Waals surface area (Å²) in [5.74, 6) is -1.21. The molecule has 1 heterocycles. The summed E-state index contributed by atoms with van der Waals surface area (Å²) >= 11 is 0. The Bertz CT molecular complexity index is 1030. The van der Waals surface area contributed by atoms with Crippen LogP contribution in [0, 0.1) is 5.82 Å². The van der Waals surface area contributed by atoms with Gasteiger partial charge in [-0.05, 0) is 77.8 Å². The third kappa shape index (κ3) is 5.59. The van der Waals surface area contributed by atoms with Crippen LogP contribution < -0.4 is 0 Å². The van der Waals surface area contributed by atoms with Gasteiger partial charge in [-0.25, -0.2) is 9.18 Å². The minimum atomic E-state index is -0.737. The van der Waals surface area contributed by atoms with Crippen LogP contribution in [0.3, 0.4) is 0 Å². The zero-order valence-electron chi connectivity index (χ0n) is 20.0. The van der Waals surface area contributed by atoms with Crippen LogP contribution in [0.25, 0.3) is 0 Å². The van der Waals surface area contributed by atoms with Crippen LogP contribution in [0.1, 0.15) is 67.8 Å². The number of ether oxygens (including phenoxy) is 1. The summed E-state index contributed by atoms with van der Waals surface area (Å²) in [4.78, 5) is 42.1. The molecule has 0 spiro atoms. The molecule has 3 rings (SSSR count). The van der Waals surface area contributed by atoms with E-state index in [4.69, 9.17) is 4.74 Å². The van der Waals surface area contributed by atoms with Gasteiger partial charge in [-0.15, -0.1) is 0 Å². The molecular weight excluding hydrogens is 423 g/mol. The average Bonchev–Trinajstić information content (AvgIpc) is 2.91. The highest BCUT2D eigenvalue weighted by Crippen LogP contribution is 2.28. The maximum absolute atomic E-state index is 13.9. The summed E-state index contributed by atoms with van der Waals surface area (Å²) in [5, 5.41) is 0. The summed E-state index contributed by atoms with van der Waals surface area (Å²) in [7, 11) is 0. The Kier molecular flexibility index (Phi) is 6.63. The van der Waals surface area contributed by atoms with E-state index in [0.29, 0.717) is 16.7 Å². The lowest BCUT2D eigenvalue weighted by Crippen LogP contribution is -2.57. The summed E-state index contributed by atoms with van der Waals surface area (Å²) < 4.78 is 19.6. The average molecular weight is 455 g/mol. The predicted molar refractivity (Wildman–Crippen MR) is 124 cm³/mol. The SMILES string of the molecule is CC(C)(C)OC(=O)N([C@@H](Cc1cccc(F)c1)CN1C(=O)c2ccccc2C1=O)C(C)(C)C. The number of hydrogen-bond acceptors (Lipinski definition) is 4. The molecule has 0 unspecified atom stereocenters. The molecule has 33 heavy (non-hydrogen) atoms. The maximum Gasteiger partial charge on any atom is 0.411 e. The Morgan fingerprint density at radius 1 is 0.970 bits per heavy atom. The number of rotatable bonds is 5. The smallest absolute Gasteiger partial charge is 0.411 e. The molecule has 0 N–H and O–H groups in total. The van der Waals surface area contributed by atoms with E-state index in [1.54, 1.807) is 62.1 Å². The second kappa shape index (κ2) is 8.96. The largest absolute Gasteiger partial charge is 0.444 e. The number of imide groups is 1. The van der Waals surface area contributed by atoms with Gasteiger partial charge >= 0.3 is 6.09 Å². The lowest BCUT2D eigenvalue weighted by atomic mass is 9.97. The van der Waals surface area contributed by atoms with E-state index < -0.39 is 40.9 Å². The van der Waals surface area contributed by atoms with Crippen molar-refractivity contribution in [2.24, 2.45) is 0 Å². The zero-order chi connectivity index (χ0) is 24.6. The standard InChI is InChI=1S/C26H31FN2O4/c1-25(2,3)29(24(32)33-26(4,5)6)19(15-17-10-9-11-18(27)14-17)16-28-22(30)20-12-7-8-13-21(20)23(28)31/h7-14,19H,15-16H2,1-6H3/t19-/m0/s1. The molecular formula is C26H31FN2O4. The first-order chi connectivity index (χ1) is 15.3. The van der Waals surface area contributed by atoms with Crippen molar-refractivity contribution in [2.75, 3.05) is 6.54 Å². The minimum Gasteiger partial charge on any atom is -0.444 e.